The summed E-state index contributed by atoms with van der Waals surface area (Å²) < 4.78 is 13.1. The Morgan fingerprint density at radius 3 is 2.32 bits per heavy atom. The monoisotopic (exact) mass is 514 g/mol. The summed E-state index contributed by atoms with van der Waals surface area (Å²) in [6.45, 7) is 3.14. The second-order valence-corrected chi connectivity index (χ2v) is 10.4. The Labute approximate surface area is 225 Å². The highest BCUT2D eigenvalue weighted by atomic mass is 16.7. The molecular formula is C32H38N2O4. The highest BCUT2D eigenvalue weighted by Crippen LogP contribution is 2.38. The van der Waals surface area contributed by atoms with Gasteiger partial charge in [-0.1, -0.05) is 73.9 Å². The molecule has 2 N–H and O–H groups in total. The average molecular weight is 515 g/mol. The average Bonchev–Trinajstić information content (AvgIpc) is 2.95. The first-order valence-electron chi connectivity index (χ1n) is 13.9. The van der Waals surface area contributed by atoms with Gasteiger partial charge in [0.1, 0.15) is 0 Å². The first kappa shape index (κ1) is 26.6. The fraction of sp³-hybridized carbons (Fsp3) is 0.406. The molecule has 2 heterocycles. The van der Waals surface area contributed by atoms with Crippen LogP contribution in [-0.4, -0.2) is 41.7 Å². The van der Waals surface area contributed by atoms with Crippen molar-refractivity contribution in [3.05, 3.63) is 101 Å². The highest BCUT2D eigenvalue weighted by molar-refractivity contribution is 6.04. The zero-order valence-electron chi connectivity index (χ0n) is 21.9. The second-order valence-electron chi connectivity index (χ2n) is 10.4. The molecule has 200 valence electrons. The topological polar surface area (TPSA) is 71.0 Å². The van der Waals surface area contributed by atoms with Crippen molar-refractivity contribution in [3.8, 4) is 0 Å². The first-order valence-corrected chi connectivity index (χ1v) is 13.9. The van der Waals surface area contributed by atoms with Gasteiger partial charge in [-0.05, 0) is 61.3 Å². The smallest absolute Gasteiger partial charge is 0.255 e. The number of benzene rings is 3. The molecule has 1 amide bonds. The third kappa shape index (κ3) is 7.08. The van der Waals surface area contributed by atoms with Crippen LogP contribution in [0.3, 0.4) is 0 Å². The van der Waals surface area contributed by atoms with E-state index in [4.69, 9.17) is 9.47 Å². The highest BCUT2D eigenvalue weighted by Gasteiger charge is 2.33. The van der Waals surface area contributed by atoms with Crippen molar-refractivity contribution in [1.29, 1.82) is 0 Å². The largest absolute Gasteiger partial charge is 0.392 e. The fourth-order valence-corrected chi connectivity index (χ4v) is 5.37. The molecule has 0 unspecified atom stereocenters. The molecule has 0 aliphatic carbocycles. The second kappa shape index (κ2) is 13.2. The molecule has 3 aromatic carbocycles. The summed E-state index contributed by atoms with van der Waals surface area (Å²) in [6, 6.07) is 24.9. The van der Waals surface area contributed by atoms with Crippen LogP contribution in [0.2, 0.25) is 0 Å². The van der Waals surface area contributed by atoms with Gasteiger partial charge in [-0.25, -0.2) is 0 Å². The summed E-state index contributed by atoms with van der Waals surface area (Å²) in [5, 5.41) is 12.5. The number of aliphatic hydroxyl groups is 1. The Morgan fingerprint density at radius 2 is 1.58 bits per heavy atom. The lowest BCUT2D eigenvalue weighted by molar-refractivity contribution is -0.253. The number of carbonyl (C=O) groups is 1. The summed E-state index contributed by atoms with van der Waals surface area (Å²) in [6.07, 6.45) is 6.55. The zero-order chi connectivity index (χ0) is 26.2. The number of aliphatic hydroxyl groups excluding tert-OH is 1. The lowest BCUT2D eigenvalue weighted by Crippen LogP contribution is -2.40. The number of amides is 1. The van der Waals surface area contributed by atoms with Crippen molar-refractivity contribution in [3.63, 3.8) is 0 Å². The molecule has 0 radical (unpaired) electrons. The molecule has 2 saturated heterocycles. The summed E-state index contributed by atoms with van der Waals surface area (Å²) in [5.74, 6) is -0.148. The van der Waals surface area contributed by atoms with E-state index in [0.29, 0.717) is 11.3 Å². The molecule has 3 aromatic rings. The van der Waals surface area contributed by atoms with E-state index < -0.39 is 6.29 Å². The predicted molar refractivity (Wildman–Crippen MR) is 149 cm³/mol. The van der Waals surface area contributed by atoms with Gasteiger partial charge in [-0.15, -0.1) is 0 Å². The van der Waals surface area contributed by atoms with Crippen molar-refractivity contribution in [2.45, 2.75) is 63.6 Å². The molecule has 2 aliphatic rings. The lowest BCUT2D eigenvalue weighted by Gasteiger charge is -2.39. The molecule has 5 rings (SSSR count). The molecule has 6 nitrogen and oxygen atoms in total. The normalized spacial score (nSPS) is 22.8. The number of hydrogen-bond donors (Lipinski definition) is 2. The Balaban J connectivity index is 1.34. The van der Waals surface area contributed by atoms with Gasteiger partial charge in [0, 0.05) is 29.8 Å². The third-order valence-electron chi connectivity index (χ3n) is 7.48. The zero-order valence-corrected chi connectivity index (χ0v) is 21.9. The summed E-state index contributed by atoms with van der Waals surface area (Å²) in [4.78, 5) is 15.3. The van der Waals surface area contributed by atoms with Gasteiger partial charge in [0.2, 0.25) is 0 Å². The number of nitrogens with one attached hydrogen (secondary N) is 1. The van der Waals surface area contributed by atoms with Gasteiger partial charge in [-0.2, -0.15) is 0 Å². The summed E-state index contributed by atoms with van der Waals surface area (Å²) >= 11 is 0. The number of hydrogen-bond acceptors (Lipinski definition) is 5. The lowest BCUT2D eigenvalue weighted by atomic mass is 9.99. The SMILES string of the molecule is O=C(Nc1cccc([C@H]2O[C@@H](CN3CCCCCCC3)C[C@@H](c3ccc(CO)cc3)O2)c1)c1ccccc1. The van der Waals surface area contributed by atoms with Crippen molar-refractivity contribution in [2.75, 3.05) is 25.0 Å². The Hall–Kier alpha value is -3.03. The third-order valence-corrected chi connectivity index (χ3v) is 7.48. The predicted octanol–water partition coefficient (Wildman–Crippen LogP) is 6.24. The van der Waals surface area contributed by atoms with Gasteiger partial charge < -0.3 is 24.8 Å². The quantitative estimate of drug-likeness (QED) is 0.390. The maximum Gasteiger partial charge on any atom is 0.255 e. The maximum atomic E-state index is 12.7. The Bertz CT molecular complexity index is 1160. The molecule has 0 aromatic heterocycles. The fourth-order valence-electron chi connectivity index (χ4n) is 5.37. The molecular weight excluding hydrogens is 476 g/mol. The van der Waals surface area contributed by atoms with Gasteiger partial charge in [0.05, 0.1) is 18.8 Å². The minimum atomic E-state index is -0.542. The number of carbonyl (C=O) groups excluding carboxylic acids is 1. The molecule has 2 fully saturated rings. The van der Waals surface area contributed by atoms with E-state index in [1.165, 1.54) is 32.1 Å². The van der Waals surface area contributed by atoms with Crippen molar-refractivity contribution in [2.24, 2.45) is 0 Å². The van der Waals surface area contributed by atoms with Gasteiger partial charge in [0.25, 0.3) is 5.91 Å². The minimum Gasteiger partial charge on any atom is -0.392 e. The van der Waals surface area contributed by atoms with E-state index in [9.17, 15) is 9.90 Å². The van der Waals surface area contributed by atoms with E-state index in [2.05, 4.69) is 10.2 Å². The van der Waals surface area contributed by atoms with Gasteiger partial charge in [0.15, 0.2) is 6.29 Å². The molecule has 0 saturated carbocycles. The standard InChI is InChI=1S/C32H38N2O4/c35-23-24-14-16-25(17-15-24)30-21-29(22-34-18-7-2-1-3-8-19-34)37-32(38-30)27-12-9-13-28(20-27)33-31(36)26-10-5-4-6-11-26/h4-6,9-17,20,29-30,32,35H,1-3,7-8,18-19,21-23H2,(H,33,36)/t29-,30+,32+/m1/s1. The molecule has 38 heavy (non-hydrogen) atoms. The molecule has 6 heteroatoms. The molecule has 0 bridgehead atoms. The van der Waals surface area contributed by atoms with Crippen LogP contribution in [0.15, 0.2) is 78.9 Å². The summed E-state index contributed by atoms with van der Waals surface area (Å²) in [5.41, 5.74) is 4.17. The maximum absolute atomic E-state index is 12.7. The van der Waals surface area contributed by atoms with Gasteiger partial charge in [-0.3, -0.25) is 4.79 Å². The summed E-state index contributed by atoms with van der Waals surface area (Å²) in [7, 11) is 0. The van der Waals surface area contributed by atoms with E-state index in [1.54, 1.807) is 12.1 Å². The Morgan fingerprint density at radius 1 is 0.842 bits per heavy atom. The van der Waals surface area contributed by atoms with Gasteiger partial charge >= 0.3 is 0 Å². The van der Waals surface area contributed by atoms with Crippen molar-refractivity contribution < 1.29 is 19.4 Å². The van der Waals surface area contributed by atoms with Crippen LogP contribution >= 0.6 is 0 Å². The van der Waals surface area contributed by atoms with Crippen LogP contribution < -0.4 is 5.32 Å². The van der Waals surface area contributed by atoms with Crippen LogP contribution in [0.1, 0.15) is 78.0 Å². The van der Waals surface area contributed by atoms with Crippen LogP contribution in [0.4, 0.5) is 5.69 Å². The van der Waals surface area contributed by atoms with Crippen LogP contribution in [0.5, 0.6) is 0 Å². The first-order chi connectivity index (χ1) is 18.7. The number of rotatable bonds is 7. The van der Waals surface area contributed by atoms with Crippen molar-refractivity contribution >= 4 is 11.6 Å². The van der Waals surface area contributed by atoms with Crippen LogP contribution in [0, 0.1) is 0 Å². The van der Waals surface area contributed by atoms with Crippen LogP contribution in [0.25, 0.3) is 0 Å². The van der Waals surface area contributed by atoms with E-state index in [1.807, 2.05) is 66.7 Å². The van der Waals surface area contributed by atoms with E-state index >= 15 is 0 Å². The number of nitrogens with zero attached hydrogens (tertiary/aromatic N) is 1. The minimum absolute atomic E-state index is 0.0244. The van der Waals surface area contributed by atoms with Crippen LogP contribution in [-0.2, 0) is 16.1 Å². The molecule has 3 atom stereocenters. The number of anilines is 1. The Kier molecular flexibility index (Phi) is 9.20. The molecule has 2 aliphatic heterocycles. The van der Waals surface area contributed by atoms with E-state index in [0.717, 1.165) is 42.7 Å². The van der Waals surface area contributed by atoms with Crippen molar-refractivity contribution in [1.82, 2.24) is 4.90 Å². The molecule has 0 spiro atoms. The van der Waals surface area contributed by atoms with E-state index in [-0.39, 0.29) is 24.7 Å². The number of likely N-dealkylation sites (tertiary alicyclic amines) is 1. The number of ether oxygens (including phenoxy) is 2.